The summed E-state index contributed by atoms with van der Waals surface area (Å²) in [4.78, 5) is 21.0. The van der Waals surface area contributed by atoms with Crippen molar-refractivity contribution in [3.05, 3.63) is 48.5 Å². The second-order valence-electron chi connectivity index (χ2n) is 7.20. The molecular weight excluding hydrogens is 338 g/mol. The summed E-state index contributed by atoms with van der Waals surface area (Å²) in [5, 5.41) is 3.03. The molecule has 1 aromatic heterocycles. The number of benzene rings is 1. The molecule has 1 aromatic carbocycles. The first-order chi connectivity index (χ1) is 13.2. The molecule has 146 valence electrons. The highest BCUT2D eigenvalue weighted by Crippen LogP contribution is 2.15. The summed E-state index contributed by atoms with van der Waals surface area (Å²) >= 11 is 0. The number of nitrogens with zero attached hydrogens (tertiary/aromatic N) is 4. The lowest BCUT2D eigenvalue weighted by molar-refractivity contribution is -0.121. The van der Waals surface area contributed by atoms with Gasteiger partial charge in [0.25, 0.3) is 0 Å². The minimum atomic E-state index is 0.167. The quantitative estimate of drug-likeness (QED) is 0.689. The van der Waals surface area contributed by atoms with Crippen LogP contribution in [0.5, 0.6) is 0 Å². The van der Waals surface area contributed by atoms with E-state index in [4.69, 9.17) is 0 Å². The maximum Gasteiger partial charge on any atom is 0.220 e. The first-order valence-corrected chi connectivity index (χ1v) is 9.98. The summed E-state index contributed by atoms with van der Waals surface area (Å²) in [6.45, 7) is 8.94. The number of imidazole rings is 1. The molecular formula is C21H31N5O. The standard InChI is InChI=1S/C21H31N5O/c1-19-17-22-18-26(19)12-6-10-23-21(27)9-5-11-24-13-15-25(16-14-24)20-7-3-2-4-8-20/h2-4,7-8,17-18H,5-6,9-16H2,1H3,(H,23,27). The first kappa shape index (κ1) is 19.4. The van der Waals surface area contributed by atoms with Crippen LogP contribution in [0.3, 0.4) is 0 Å². The number of anilines is 1. The van der Waals surface area contributed by atoms with Gasteiger partial charge < -0.3 is 14.8 Å². The number of piperazine rings is 1. The molecule has 0 spiro atoms. The van der Waals surface area contributed by atoms with E-state index >= 15 is 0 Å². The maximum atomic E-state index is 12.0. The molecule has 6 nitrogen and oxygen atoms in total. The Morgan fingerprint density at radius 3 is 2.56 bits per heavy atom. The largest absolute Gasteiger partial charge is 0.369 e. The van der Waals surface area contributed by atoms with Gasteiger partial charge in [0.15, 0.2) is 0 Å². The van der Waals surface area contributed by atoms with Crippen LogP contribution in [-0.4, -0.2) is 59.6 Å². The molecule has 0 aliphatic carbocycles. The fraction of sp³-hybridized carbons (Fsp3) is 0.524. The van der Waals surface area contributed by atoms with E-state index in [-0.39, 0.29) is 5.91 Å². The van der Waals surface area contributed by atoms with Crippen LogP contribution < -0.4 is 10.2 Å². The molecule has 3 rings (SSSR count). The Morgan fingerprint density at radius 1 is 1.07 bits per heavy atom. The Hall–Kier alpha value is -2.34. The zero-order valence-corrected chi connectivity index (χ0v) is 16.3. The number of nitrogens with one attached hydrogen (secondary N) is 1. The molecule has 27 heavy (non-hydrogen) atoms. The Bertz CT molecular complexity index is 692. The number of carbonyl (C=O) groups is 1. The fourth-order valence-corrected chi connectivity index (χ4v) is 3.52. The Kier molecular flexibility index (Phi) is 7.27. The van der Waals surface area contributed by atoms with Crippen LogP contribution in [0.25, 0.3) is 0 Å². The fourth-order valence-electron chi connectivity index (χ4n) is 3.52. The van der Waals surface area contributed by atoms with Gasteiger partial charge in [-0.25, -0.2) is 4.98 Å². The predicted octanol–water partition coefficient (Wildman–Crippen LogP) is 2.30. The average Bonchev–Trinajstić information content (AvgIpc) is 3.11. The summed E-state index contributed by atoms with van der Waals surface area (Å²) < 4.78 is 2.11. The van der Waals surface area contributed by atoms with Gasteiger partial charge in [-0.2, -0.15) is 0 Å². The highest BCUT2D eigenvalue weighted by Gasteiger charge is 2.16. The van der Waals surface area contributed by atoms with E-state index in [1.54, 1.807) is 0 Å². The van der Waals surface area contributed by atoms with Crippen molar-refractivity contribution in [3.63, 3.8) is 0 Å². The lowest BCUT2D eigenvalue weighted by Gasteiger charge is -2.36. The summed E-state index contributed by atoms with van der Waals surface area (Å²) in [5.74, 6) is 0.167. The molecule has 0 saturated carbocycles. The zero-order chi connectivity index (χ0) is 18.9. The number of aryl methyl sites for hydroxylation is 2. The zero-order valence-electron chi connectivity index (χ0n) is 16.3. The molecule has 0 bridgehead atoms. The number of rotatable bonds is 9. The van der Waals surface area contributed by atoms with Crippen LogP contribution in [-0.2, 0) is 11.3 Å². The number of para-hydroxylation sites is 1. The normalized spacial score (nSPS) is 15.1. The molecule has 1 N–H and O–H groups in total. The van der Waals surface area contributed by atoms with E-state index in [9.17, 15) is 4.79 Å². The van der Waals surface area contributed by atoms with Crippen molar-refractivity contribution in [2.45, 2.75) is 32.7 Å². The predicted molar refractivity (Wildman–Crippen MR) is 109 cm³/mol. The molecule has 1 amide bonds. The molecule has 1 fully saturated rings. The van der Waals surface area contributed by atoms with Crippen molar-refractivity contribution in [1.29, 1.82) is 0 Å². The van der Waals surface area contributed by atoms with Crippen molar-refractivity contribution in [3.8, 4) is 0 Å². The van der Waals surface area contributed by atoms with E-state index in [0.29, 0.717) is 6.42 Å². The van der Waals surface area contributed by atoms with E-state index in [1.807, 2.05) is 19.4 Å². The van der Waals surface area contributed by atoms with Gasteiger partial charge in [-0.15, -0.1) is 0 Å². The van der Waals surface area contributed by atoms with Gasteiger partial charge in [0.2, 0.25) is 5.91 Å². The Morgan fingerprint density at radius 2 is 1.85 bits per heavy atom. The van der Waals surface area contributed by atoms with E-state index in [0.717, 1.165) is 64.3 Å². The maximum absolute atomic E-state index is 12.0. The summed E-state index contributed by atoms with van der Waals surface area (Å²) in [6, 6.07) is 10.6. The molecule has 2 heterocycles. The smallest absolute Gasteiger partial charge is 0.220 e. The number of hydrogen-bond donors (Lipinski definition) is 1. The van der Waals surface area contributed by atoms with Crippen molar-refractivity contribution in [2.75, 3.05) is 44.2 Å². The van der Waals surface area contributed by atoms with Crippen molar-refractivity contribution >= 4 is 11.6 Å². The second kappa shape index (κ2) is 10.1. The molecule has 1 aliphatic heterocycles. The topological polar surface area (TPSA) is 53.4 Å². The number of hydrogen-bond acceptors (Lipinski definition) is 4. The van der Waals surface area contributed by atoms with E-state index in [1.165, 1.54) is 5.69 Å². The minimum absolute atomic E-state index is 0.167. The van der Waals surface area contributed by atoms with Crippen molar-refractivity contribution < 1.29 is 4.79 Å². The SMILES string of the molecule is Cc1cncn1CCCNC(=O)CCCN1CCN(c2ccccc2)CC1. The van der Waals surface area contributed by atoms with Gasteiger partial charge in [0, 0.05) is 63.3 Å². The van der Waals surface area contributed by atoms with Gasteiger partial charge >= 0.3 is 0 Å². The molecule has 0 unspecified atom stereocenters. The molecule has 2 aromatic rings. The van der Waals surface area contributed by atoms with Crippen LogP contribution in [0, 0.1) is 6.92 Å². The third kappa shape index (κ3) is 6.10. The number of amides is 1. The molecule has 0 atom stereocenters. The lowest BCUT2D eigenvalue weighted by atomic mass is 10.2. The Labute approximate surface area is 162 Å². The molecule has 1 aliphatic rings. The lowest BCUT2D eigenvalue weighted by Crippen LogP contribution is -2.46. The second-order valence-corrected chi connectivity index (χ2v) is 7.20. The third-order valence-corrected chi connectivity index (χ3v) is 5.19. The average molecular weight is 370 g/mol. The Balaban J connectivity index is 1.24. The van der Waals surface area contributed by atoms with Gasteiger partial charge in [0.05, 0.1) is 6.33 Å². The van der Waals surface area contributed by atoms with Gasteiger partial charge in [-0.1, -0.05) is 18.2 Å². The molecule has 1 saturated heterocycles. The van der Waals surface area contributed by atoms with Crippen LogP contribution in [0.1, 0.15) is 25.0 Å². The van der Waals surface area contributed by atoms with Gasteiger partial charge in [0.1, 0.15) is 0 Å². The minimum Gasteiger partial charge on any atom is -0.369 e. The van der Waals surface area contributed by atoms with Gasteiger partial charge in [-0.05, 0) is 38.4 Å². The monoisotopic (exact) mass is 369 g/mol. The van der Waals surface area contributed by atoms with Crippen LogP contribution in [0.15, 0.2) is 42.9 Å². The van der Waals surface area contributed by atoms with E-state index < -0.39 is 0 Å². The van der Waals surface area contributed by atoms with Crippen molar-refractivity contribution in [2.24, 2.45) is 0 Å². The molecule has 6 heteroatoms. The van der Waals surface area contributed by atoms with Crippen molar-refractivity contribution in [1.82, 2.24) is 19.8 Å². The number of aromatic nitrogens is 2. The van der Waals surface area contributed by atoms with Crippen LogP contribution in [0.4, 0.5) is 5.69 Å². The summed E-state index contributed by atoms with van der Waals surface area (Å²) in [6.07, 6.45) is 6.18. The van der Waals surface area contributed by atoms with E-state index in [2.05, 4.69) is 55.0 Å². The third-order valence-electron chi connectivity index (χ3n) is 5.19. The van der Waals surface area contributed by atoms with Crippen LogP contribution >= 0.6 is 0 Å². The highest BCUT2D eigenvalue weighted by atomic mass is 16.1. The van der Waals surface area contributed by atoms with Gasteiger partial charge in [-0.3, -0.25) is 9.69 Å². The molecule has 0 radical (unpaired) electrons. The number of carbonyl (C=O) groups excluding carboxylic acids is 1. The first-order valence-electron chi connectivity index (χ1n) is 9.98. The highest BCUT2D eigenvalue weighted by molar-refractivity contribution is 5.75. The van der Waals surface area contributed by atoms with Crippen LogP contribution in [0.2, 0.25) is 0 Å². The summed E-state index contributed by atoms with van der Waals surface area (Å²) in [7, 11) is 0. The summed E-state index contributed by atoms with van der Waals surface area (Å²) in [5.41, 5.74) is 2.47.